The number of hydrazine groups is 1. The zero-order chi connectivity index (χ0) is 16.2. The molecule has 2 N–H and O–H groups in total. The Morgan fingerprint density at radius 2 is 1.74 bits per heavy atom. The highest BCUT2D eigenvalue weighted by molar-refractivity contribution is 6.36. The van der Waals surface area contributed by atoms with Gasteiger partial charge in [0.25, 0.3) is 0 Å². The van der Waals surface area contributed by atoms with Gasteiger partial charge >= 0.3 is 5.91 Å². The van der Waals surface area contributed by atoms with Gasteiger partial charge in [-0.15, -0.1) is 0 Å². The highest BCUT2D eigenvalue weighted by atomic mass is 35.5. The number of hydrogen-bond donors (Lipinski definition) is 2. The molecule has 0 spiro atoms. The first kappa shape index (κ1) is 15.5. The third kappa shape index (κ3) is 3.67. The molecule has 116 valence electrons. The van der Waals surface area contributed by atoms with Crippen molar-refractivity contribution in [3.63, 3.8) is 0 Å². The van der Waals surface area contributed by atoms with Crippen LogP contribution in [0.3, 0.4) is 0 Å². The molecule has 3 aromatic rings. The monoisotopic (exact) mass is 346 g/mol. The van der Waals surface area contributed by atoms with Gasteiger partial charge in [-0.2, -0.15) is 0 Å². The van der Waals surface area contributed by atoms with Gasteiger partial charge in [0.05, 0.1) is 10.7 Å². The van der Waals surface area contributed by atoms with Crippen LogP contribution in [0.25, 0.3) is 11.3 Å². The Balaban J connectivity index is 1.72. The van der Waals surface area contributed by atoms with Crippen LogP contribution in [-0.2, 0) is 0 Å². The van der Waals surface area contributed by atoms with Crippen molar-refractivity contribution in [1.29, 1.82) is 0 Å². The summed E-state index contributed by atoms with van der Waals surface area (Å²) in [6.07, 6.45) is 0. The SMILES string of the molecule is O=C(NNc1ccccc1)c1ccc(-c2ccc(Cl)cc2Cl)o1. The smallest absolute Gasteiger partial charge is 0.305 e. The molecule has 0 saturated carbocycles. The number of hydrogen-bond acceptors (Lipinski definition) is 3. The van der Waals surface area contributed by atoms with Crippen LogP contribution in [0.2, 0.25) is 10.0 Å². The number of nitrogens with one attached hydrogen (secondary N) is 2. The number of para-hydroxylation sites is 1. The lowest BCUT2D eigenvalue weighted by molar-refractivity contribution is 0.0936. The summed E-state index contributed by atoms with van der Waals surface area (Å²) in [6, 6.07) is 17.6. The minimum atomic E-state index is -0.384. The second kappa shape index (κ2) is 6.77. The van der Waals surface area contributed by atoms with Gasteiger partial charge in [0.15, 0.2) is 5.76 Å². The Morgan fingerprint density at radius 1 is 0.957 bits per heavy atom. The number of benzene rings is 2. The summed E-state index contributed by atoms with van der Waals surface area (Å²) < 4.78 is 5.56. The zero-order valence-electron chi connectivity index (χ0n) is 11.8. The summed E-state index contributed by atoms with van der Waals surface area (Å²) in [6.45, 7) is 0. The molecular formula is C17H12Cl2N2O2. The molecule has 0 fully saturated rings. The van der Waals surface area contributed by atoms with Gasteiger partial charge in [0.2, 0.25) is 0 Å². The van der Waals surface area contributed by atoms with Crippen LogP contribution in [0.4, 0.5) is 5.69 Å². The zero-order valence-corrected chi connectivity index (χ0v) is 13.4. The Labute approximate surface area is 143 Å². The van der Waals surface area contributed by atoms with E-state index >= 15 is 0 Å². The number of amides is 1. The van der Waals surface area contributed by atoms with E-state index in [9.17, 15) is 4.79 Å². The predicted octanol–water partition coefficient (Wildman–Crippen LogP) is 5.01. The van der Waals surface area contributed by atoms with Gasteiger partial charge in [-0.3, -0.25) is 15.6 Å². The summed E-state index contributed by atoms with van der Waals surface area (Å²) in [5.74, 6) is 0.288. The Hall–Kier alpha value is -2.43. The summed E-state index contributed by atoms with van der Waals surface area (Å²) >= 11 is 12.0. The first-order valence-electron chi connectivity index (χ1n) is 6.80. The molecule has 3 rings (SSSR count). The normalized spacial score (nSPS) is 10.3. The van der Waals surface area contributed by atoms with Crippen molar-refractivity contribution >= 4 is 34.8 Å². The summed E-state index contributed by atoms with van der Waals surface area (Å²) in [7, 11) is 0. The molecule has 0 bridgehead atoms. The van der Waals surface area contributed by atoms with E-state index < -0.39 is 0 Å². The van der Waals surface area contributed by atoms with E-state index in [1.54, 1.807) is 30.3 Å². The standard InChI is InChI=1S/C17H12Cl2N2O2/c18-11-6-7-13(14(19)10-11)15-8-9-16(23-15)17(22)21-20-12-4-2-1-3-5-12/h1-10,20H,(H,21,22). The lowest BCUT2D eigenvalue weighted by Gasteiger charge is -2.06. The second-order valence-electron chi connectivity index (χ2n) is 4.73. The van der Waals surface area contributed by atoms with E-state index in [0.29, 0.717) is 21.4 Å². The fourth-order valence-electron chi connectivity index (χ4n) is 2.01. The van der Waals surface area contributed by atoms with E-state index in [0.717, 1.165) is 5.69 Å². The van der Waals surface area contributed by atoms with Crippen LogP contribution < -0.4 is 10.9 Å². The van der Waals surface area contributed by atoms with E-state index in [-0.39, 0.29) is 11.7 Å². The predicted molar refractivity (Wildman–Crippen MR) is 91.7 cm³/mol. The van der Waals surface area contributed by atoms with Gasteiger partial charge in [0.1, 0.15) is 5.76 Å². The molecule has 1 heterocycles. The van der Waals surface area contributed by atoms with E-state index in [1.165, 1.54) is 0 Å². The van der Waals surface area contributed by atoms with Crippen molar-refractivity contribution in [2.75, 3.05) is 5.43 Å². The summed E-state index contributed by atoms with van der Waals surface area (Å²) in [4.78, 5) is 12.1. The number of halogens is 2. The highest BCUT2D eigenvalue weighted by Crippen LogP contribution is 2.31. The number of anilines is 1. The second-order valence-corrected chi connectivity index (χ2v) is 5.58. The van der Waals surface area contributed by atoms with Crippen LogP contribution in [-0.4, -0.2) is 5.91 Å². The molecule has 0 saturated heterocycles. The number of furan rings is 1. The van der Waals surface area contributed by atoms with Crippen molar-refractivity contribution in [2.24, 2.45) is 0 Å². The highest BCUT2D eigenvalue weighted by Gasteiger charge is 2.14. The summed E-state index contributed by atoms with van der Waals surface area (Å²) in [5, 5.41) is 0.997. The lowest BCUT2D eigenvalue weighted by Crippen LogP contribution is -2.28. The van der Waals surface area contributed by atoms with Crippen LogP contribution in [0.1, 0.15) is 10.6 Å². The number of carbonyl (C=O) groups excluding carboxylic acids is 1. The van der Waals surface area contributed by atoms with Crippen molar-refractivity contribution < 1.29 is 9.21 Å². The van der Waals surface area contributed by atoms with Crippen LogP contribution in [0.15, 0.2) is 65.1 Å². The molecule has 4 nitrogen and oxygen atoms in total. The fourth-order valence-corrected chi connectivity index (χ4v) is 2.51. The molecule has 6 heteroatoms. The van der Waals surface area contributed by atoms with E-state index in [2.05, 4.69) is 10.9 Å². The van der Waals surface area contributed by atoms with Crippen molar-refractivity contribution in [3.8, 4) is 11.3 Å². The number of carbonyl (C=O) groups is 1. The van der Waals surface area contributed by atoms with Crippen LogP contribution in [0, 0.1) is 0 Å². The van der Waals surface area contributed by atoms with E-state index in [4.69, 9.17) is 27.6 Å². The topological polar surface area (TPSA) is 54.3 Å². The van der Waals surface area contributed by atoms with Gasteiger partial charge in [0, 0.05) is 10.6 Å². The third-order valence-corrected chi connectivity index (χ3v) is 3.67. The largest absolute Gasteiger partial charge is 0.451 e. The minimum absolute atomic E-state index is 0.175. The molecule has 2 aromatic carbocycles. The Kier molecular flexibility index (Phi) is 4.55. The van der Waals surface area contributed by atoms with Crippen molar-refractivity contribution in [2.45, 2.75) is 0 Å². The average Bonchev–Trinajstić information content (AvgIpc) is 3.03. The van der Waals surface area contributed by atoms with Gasteiger partial charge in [-0.25, -0.2) is 0 Å². The molecule has 0 unspecified atom stereocenters. The molecule has 23 heavy (non-hydrogen) atoms. The first-order chi connectivity index (χ1) is 11.1. The molecule has 1 aromatic heterocycles. The van der Waals surface area contributed by atoms with Gasteiger partial charge in [-0.1, -0.05) is 41.4 Å². The molecule has 0 aliphatic rings. The van der Waals surface area contributed by atoms with Gasteiger partial charge < -0.3 is 4.42 Å². The maximum atomic E-state index is 12.1. The third-order valence-electron chi connectivity index (χ3n) is 3.12. The maximum Gasteiger partial charge on any atom is 0.305 e. The fraction of sp³-hybridized carbons (Fsp3) is 0. The molecule has 0 atom stereocenters. The summed E-state index contributed by atoms with van der Waals surface area (Å²) in [5.41, 5.74) is 6.82. The average molecular weight is 347 g/mol. The van der Waals surface area contributed by atoms with Crippen molar-refractivity contribution in [3.05, 3.63) is 76.5 Å². The van der Waals surface area contributed by atoms with Crippen LogP contribution >= 0.6 is 23.2 Å². The maximum absolute atomic E-state index is 12.1. The Bertz CT molecular complexity index is 832. The molecule has 0 aliphatic heterocycles. The van der Waals surface area contributed by atoms with Crippen LogP contribution in [0.5, 0.6) is 0 Å². The Morgan fingerprint density at radius 3 is 2.48 bits per heavy atom. The first-order valence-corrected chi connectivity index (χ1v) is 7.56. The molecule has 1 amide bonds. The quantitative estimate of drug-likeness (QED) is 0.652. The van der Waals surface area contributed by atoms with E-state index in [1.807, 2.05) is 30.3 Å². The lowest BCUT2D eigenvalue weighted by atomic mass is 10.2. The number of rotatable bonds is 4. The minimum Gasteiger partial charge on any atom is -0.451 e. The van der Waals surface area contributed by atoms with Gasteiger partial charge in [-0.05, 0) is 42.5 Å². The molecule has 0 radical (unpaired) electrons. The molecular weight excluding hydrogens is 335 g/mol. The van der Waals surface area contributed by atoms with Crippen molar-refractivity contribution in [1.82, 2.24) is 5.43 Å². The molecule has 0 aliphatic carbocycles.